The Kier molecular flexibility index (Phi) is 8.03. The zero-order valence-electron chi connectivity index (χ0n) is 11.1. The van der Waals surface area contributed by atoms with Crippen molar-refractivity contribution in [2.24, 2.45) is 5.41 Å². The number of hydrogen-bond acceptors (Lipinski definition) is 4. The van der Waals surface area contributed by atoms with Crippen LogP contribution >= 0.6 is 0 Å². The van der Waals surface area contributed by atoms with E-state index >= 15 is 0 Å². The fraction of sp³-hybridized carbons (Fsp3) is 0.357. The number of aliphatic hydroxyl groups is 2. The quantitative estimate of drug-likeness (QED) is 0.573. The zero-order chi connectivity index (χ0) is 15.6. The molecule has 1 atom stereocenters. The lowest BCUT2D eigenvalue weighted by Crippen LogP contribution is -2.32. The van der Waals surface area contributed by atoms with E-state index in [1.54, 1.807) is 24.3 Å². The van der Waals surface area contributed by atoms with Crippen LogP contribution in [0.4, 0.5) is 4.79 Å². The maximum atomic E-state index is 10.2. The minimum atomic E-state index is -1.83. The molecule has 1 rings (SSSR count). The Balaban J connectivity index is 0.000000796. The van der Waals surface area contributed by atoms with Gasteiger partial charge in [0.15, 0.2) is 0 Å². The van der Waals surface area contributed by atoms with Crippen molar-refractivity contribution in [3.8, 4) is 0 Å². The molecular weight excluding hydrogens is 264 g/mol. The van der Waals surface area contributed by atoms with Gasteiger partial charge in [-0.05, 0) is 25.0 Å². The second kappa shape index (κ2) is 8.95. The second-order valence-corrected chi connectivity index (χ2v) is 4.21. The molecule has 0 amide bonds. The Bertz CT molecular complexity index is 395. The van der Waals surface area contributed by atoms with Gasteiger partial charge in [-0.2, -0.15) is 0 Å². The first-order chi connectivity index (χ1) is 9.43. The van der Waals surface area contributed by atoms with Crippen molar-refractivity contribution in [3.05, 3.63) is 49.5 Å². The number of allylic oxidation sites excluding steroid dienone is 2. The minimum absolute atomic E-state index is 0.146. The van der Waals surface area contributed by atoms with Crippen molar-refractivity contribution in [2.45, 2.75) is 18.9 Å². The topological polar surface area (TPSA) is 111 Å². The predicted molar refractivity (Wildman–Crippen MR) is 73.5 cm³/mol. The van der Waals surface area contributed by atoms with Crippen molar-refractivity contribution < 1.29 is 29.6 Å². The summed E-state index contributed by atoms with van der Waals surface area (Å²) in [5, 5.41) is 33.7. The van der Waals surface area contributed by atoms with Crippen LogP contribution in [0.2, 0.25) is 0 Å². The molecule has 0 fully saturated rings. The van der Waals surface area contributed by atoms with Gasteiger partial charge in [0.05, 0.1) is 12.9 Å². The van der Waals surface area contributed by atoms with Crippen LogP contribution in [0, 0.1) is 5.41 Å². The summed E-state index contributed by atoms with van der Waals surface area (Å²) in [7, 11) is 0. The molecule has 0 aliphatic carbocycles. The van der Waals surface area contributed by atoms with Gasteiger partial charge >= 0.3 is 6.16 Å². The van der Waals surface area contributed by atoms with Gasteiger partial charge in [0.25, 0.3) is 0 Å². The van der Waals surface area contributed by atoms with Crippen LogP contribution in [0.5, 0.6) is 0 Å². The lowest BCUT2D eigenvalue weighted by atomic mass is 9.76. The number of aliphatic hydroxyl groups excluding tert-OH is 2. The summed E-state index contributed by atoms with van der Waals surface area (Å²) in [6.45, 7) is 7.16. The van der Waals surface area contributed by atoms with E-state index in [0.717, 1.165) is 0 Å². The third-order valence-corrected chi connectivity index (χ3v) is 2.81. The van der Waals surface area contributed by atoms with Gasteiger partial charge in [-0.3, -0.25) is 0 Å². The number of hydrogen-bond donors (Lipinski definition) is 4. The van der Waals surface area contributed by atoms with E-state index in [9.17, 15) is 10.2 Å². The molecule has 0 saturated carbocycles. The Morgan fingerprint density at radius 2 is 1.85 bits per heavy atom. The lowest BCUT2D eigenvalue weighted by molar-refractivity contribution is -0.0281. The number of furan rings is 1. The van der Waals surface area contributed by atoms with E-state index in [2.05, 4.69) is 13.2 Å². The molecule has 112 valence electrons. The molecule has 0 saturated heterocycles. The lowest BCUT2D eigenvalue weighted by Gasteiger charge is -2.33. The van der Waals surface area contributed by atoms with Crippen LogP contribution in [0.25, 0.3) is 0 Å². The maximum Gasteiger partial charge on any atom is 0.503 e. The second-order valence-electron chi connectivity index (χ2n) is 4.21. The summed E-state index contributed by atoms with van der Waals surface area (Å²) >= 11 is 0. The maximum absolute atomic E-state index is 10.2. The van der Waals surface area contributed by atoms with Gasteiger partial charge in [0.1, 0.15) is 11.9 Å². The predicted octanol–water partition coefficient (Wildman–Crippen LogP) is 2.67. The van der Waals surface area contributed by atoms with Crippen LogP contribution < -0.4 is 0 Å². The number of carboxylic acid groups (broad SMARTS) is 2. The first-order valence-electron chi connectivity index (χ1n) is 5.89. The summed E-state index contributed by atoms with van der Waals surface area (Å²) < 4.78 is 5.17. The molecule has 1 heterocycles. The molecule has 0 spiro atoms. The van der Waals surface area contributed by atoms with E-state index < -0.39 is 17.7 Å². The third kappa shape index (κ3) is 5.29. The van der Waals surface area contributed by atoms with E-state index in [-0.39, 0.29) is 6.61 Å². The zero-order valence-corrected chi connectivity index (χ0v) is 11.1. The van der Waals surface area contributed by atoms with Gasteiger partial charge in [-0.25, -0.2) is 4.79 Å². The first-order valence-corrected chi connectivity index (χ1v) is 5.89. The van der Waals surface area contributed by atoms with Gasteiger partial charge in [-0.1, -0.05) is 12.2 Å². The molecular formula is C14H20O6. The molecule has 0 aliphatic rings. The number of carbonyl (C=O) groups is 1. The van der Waals surface area contributed by atoms with Crippen LogP contribution in [0.3, 0.4) is 0 Å². The highest BCUT2D eigenvalue weighted by Gasteiger charge is 2.37. The normalized spacial score (nSPS) is 11.9. The van der Waals surface area contributed by atoms with E-state index in [0.29, 0.717) is 18.6 Å². The molecule has 1 aromatic rings. The average Bonchev–Trinajstić information content (AvgIpc) is 2.90. The first kappa shape index (κ1) is 17.9. The van der Waals surface area contributed by atoms with Crippen LogP contribution in [0.1, 0.15) is 24.7 Å². The van der Waals surface area contributed by atoms with Crippen LogP contribution in [-0.2, 0) is 0 Å². The summed E-state index contributed by atoms with van der Waals surface area (Å²) in [6.07, 6.45) is 3.18. The summed E-state index contributed by atoms with van der Waals surface area (Å²) in [5.41, 5.74) is -0.693. The van der Waals surface area contributed by atoms with Gasteiger partial charge < -0.3 is 24.8 Å². The Labute approximate surface area is 117 Å². The third-order valence-electron chi connectivity index (χ3n) is 2.81. The van der Waals surface area contributed by atoms with E-state index in [1.807, 2.05) is 0 Å². The molecule has 0 aromatic carbocycles. The summed E-state index contributed by atoms with van der Waals surface area (Å²) in [5.74, 6) is 0.456. The number of rotatable bonds is 7. The summed E-state index contributed by atoms with van der Waals surface area (Å²) in [6, 6.07) is 3.41. The van der Waals surface area contributed by atoms with Crippen molar-refractivity contribution in [3.63, 3.8) is 0 Å². The Morgan fingerprint density at radius 3 is 2.15 bits per heavy atom. The largest absolute Gasteiger partial charge is 0.503 e. The fourth-order valence-corrected chi connectivity index (χ4v) is 1.85. The molecule has 4 N–H and O–H groups in total. The Hall–Kier alpha value is -2.05. The Morgan fingerprint density at radius 1 is 1.35 bits per heavy atom. The van der Waals surface area contributed by atoms with Crippen molar-refractivity contribution in [1.29, 1.82) is 0 Å². The van der Waals surface area contributed by atoms with Gasteiger partial charge in [0, 0.05) is 5.41 Å². The van der Waals surface area contributed by atoms with Gasteiger partial charge in [0.2, 0.25) is 0 Å². The standard InChI is InChI=1S/C13H18O3.CH2O3/c1-3-7-13(10-14,8-4-2)12(15)11-6-5-9-16-11;2-1(3)4/h3-6,9,12,14-15H,1-2,7-8,10H2;(H2,2,3,4). The molecule has 0 bridgehead atoms. The highest BCUT2D eigenvalue weighted by molar-refractivity contribution is 5.53. The molecule has 0 aliphatic heterocycles. The molecule has 6 nitrogen and oxygen atoms in total. The fourth-order valence-electron chi connectivity index (χ4n) is 1.85. The summed E-state index contributed by atoms with van der Waals surface area (Å²) in [4.78, 5) is 8.56. The minimum Gasteiger partial charge on any atom is -0.467 e. The monoisotopic (exact) mass is 284 g/mol. The van der Waals surface area contributed by atoms with Crippen LogP contribution in [0.15, 0.2) is 48.1 Å². The average molecular weight is 284 g/mol. The van der Waals surface area contributed by atoms with Crippen molar-refractivity contribution in [1.82, 2.24) is 0 Å². The molecule has 6 heteroatoms. The van der Waals surface area contributed by atoms with E-state index in [1.165, 1.54) is 6.26 Å². The molecule has 0 radical (unpaired) electrons. The van der Waals surface area contributed by atoms with Crippen molar-refractivity contribution >= 4 is 6.16 Å². The highest BCUT2D eigenvalue weighted by atomic mass is 16.6. The van der Waals surface area contributed by atoms with Crippen molar-refractivity contribution in [2.75, 3.05) is 6.61 Å². The van der Waals surface area contributed by atoms with Gasteiger partial charge in [-0.15, -0.1) is 13.2 Å². The molecule has 1 aromatic heterocycles. The smallest absolute Gasteiger partial charge is 0.467 e. The SMILES string of the molecule is C=CCC(CO)(CC=C)C(O)c1ccco1.O=C(O)O. The molecule has 1 unspecified atom stereocenters. The van der Waals surface area contributed by atoms with E-state index in [4.69, 9.17) is 19.4 Å². The molecule has 20 heavy (non-hydrogen) atoms. The van der Waals surface area contributed by atoms with Crippen LogP contribution in [-0.4, -0.2) is 33.2 Å². The highest BCUT2D eigenvalue weighted by Crippen LogP contribution is 2.40.